The Labute approximate surface area is 196 Å². The molecule has 7 nitrogen and oxygen atoms in total. The van der Waals surface area contributed by atoms with E-state index in [1.807, 2.05) is 47.6 Å². The summed E-state index contributed by atoms with van der Waals surface area (Å²) in [5, 5.41) is 0. The largest absolute Gasteiger partial charge is 0.444 e. The first-order valence-corrected chi connectivity index (χ1v) is 12.9. The summed E-state index contributed by atoms with van der Waals surface area (Å²) in [4.78, 5) is 15.2. The molecule has 0 bridgehead atoms. The van der Waals surface area contributed by atoms with Crippen molar-refractivity contribution in [3.8, 4) is 0 Å². The van der Waals surface area contributed by atoms with Crippen molar-refractivity contribution in [2.24, 2.45) is 0 Å². The summed E-state index contributed by atoms with van der Waals surface area (Å²) < 4.78 is 39.9. The highest BCUT2D eigenvalue weighted by molar-refractivity contribution is 7.90. The number of rotatable bonds is 3. The van der Waals surface area contributed by atoms with Crippen molar-refractivity contribution in [1.82, 2.24) is 8.87 Å². The van der Waals surface area contributed by atoms with Crippen molar-refractivity contribution in [3.63, 3.8) is 0 Å². The second-order valence-corrected chi connectivity index (χ2v) is 12.6. The number of nitrogens with zero attached hydrogens (tertiary/aromatic N) is 2. The normalized spacial score (nSPS) is 25.0. The van der Waals surface area contributed by atoms with E-state index in [0.717, 1.165) is 24.1 Å². The van der Waals surface area contributed by atoms with Crippen LogP contribution in [0.5, 0.6) is 0 Å². The van der Waals surface area contributed by atoms with Crippen LogP contribution in [0.1, 0.15) is 71.1 Å². The van der Waals surface area contributed by atoms with Gasteiger partial charge in [-0.1, -0.05) is 17.7 Å². The second kappa shape index (κ2) is 7.87. The van der Waals surface area contributed by atoms with Crippen molar-refractivity contribution >= 4 is 16.1 Å². The quantitative estimate of drug-likeness (QED) is 0.623. The maximum Gasteiger partial charge on any atom is 0.413 e. The summed E-state index contributed by atoms with van der Waals surface area (Å²) >= 11 is 0. The number of aromatic nitrogens is 1. The summed E-state index contributed by atoms with van der Waals surface area (Å²) in [6.07, 6.45) is 3.30. The van der Waals surface area contributed by atoms with E-state index in [1.165, 1.54) is 3.97 Å². The third-order valence-electron chi connectivity index (χ3n) is 6.61. The number of amides is 1. The molecule has 1 aliphatic heterocycles. The number of carbonyl (C=O) groups excluding carboxylic acids is 1. The number of aryl methyl sites for hydroxylation is 1. The monoisotopic (exact) mass is 474 g/mol. The Hall–Kier alpha value is -2.32. The molecule has 1 saturated carbocycles. The highest BCUT2D eigenvalue weighted by Gasteiger charge is 2.58. The Kier molecular flexibility index (Phi) is 5.69. The van der Waals surface area contributed by atoms with Crippen LogP contribution in [0, 0.1) is 6.92 Å². The van der Waals surface area contributed by atoms with Gasteiger partial charge in [-0.3, -0.25) is 4.90 Å². The molecule has 4 rings (SSSR count). The zero-order valence-electron chi connectivity index (χ0n) is 20.3. The molecule has 1 aromatic carbocycles. The van der Waals surface area contributed by atoms with Crippen molar-refractivity contribution in [2.45, 2.75) is 88.5 Å². The molecule has 0 N–H and O–H groups in total. The number of hydrogen-bond acceptors (Lipinski definition) is 5. The summed E-state index contributed by atoms with van der Waals surface area (Å²) in [6, 6.07) is 10.5. The van der Waals surface area contributed by atoms with Gasteiger partial charge in [0.25, 0.3) is 10.0 Å². The molecule has 1 saturated heterocycles. The zero-order chi connectivity index (χ0) is 24.2. The lowest BCUT2D eigenvalue weighted by atomic mass is 9.93. The fourth-order valence-electron chi connectivity index (χ4n) is 5.16. The first kappa shape index (κ1) is 23.8. The molecular formula is C25H34N2O5S. The molecule has 1 amide bonds. The van der Waals surface area contributed by atoms with Gasteiger partial charge in [0.05, 0.1) is 17.0 Å². The number of benzene rings is 1. The number of ether oxygens (including phenoxy) is 2. The highest BCUT2D eigenvalue weighted by Crippen LogP contribution is 2.51. The van der Waals surface area contributed by atoms with E-state index in [-0.39, 0.29) is 10.8 Å². The maximum absolute atomic E-state index is 13.4. The van der Waals surface area contributed by atoms with Gasteiger partial charge in [-0.05, 0) is 85.1 Å². The van der Waals surface area contributed by atoms with Gasteiger partial charge >= 0.3 is 6.09 Å². The molecule has 33 heavy (non-hydrogen) atoms. The molecule has 1 aliphatic carbocycles. The topological polar surface area (TPSA) is 77.8 Å². The lowest BCUT2D eigenvalue weighted by Crippen LogP contribution is -2.55. The van der Waals surface area contributed by atoms with Gasteiger partial charge in [0.1, 0.15) is 11.3 Å². The average Bonchev–Trinajstić information content (AvgIpc) is 3.39. The van der Waals surface area contributed by atoms with Crippen LogP contribution in [0.3, 0.4) is 0 Å². The van der Waals surface area contributed by atoms with Gasteiger partial charge in [0.15, 0.2) is 0 Å². The third kappa shape index (κ3) is 4.30. The Morgan fingerprint density at radius 1 is 1.15 bits per heavy atom. The van der Waals surface area contributed by atoms with E-state index >= 15 is 0 Å². The fraction of sp³-hybridized carbons (Fsp3) is 0.560. The van der Waals surface area contributed by atoms with Crippen LogP contribution in [0.2, 0.25) is 0 Å². The Morgan fingerprint density at radius 2 is 1.82 bits per heavy atom. The minimum Gasteiger partial charge on any atom is -0.444 e. The minimum atomic E-state index is -3.71. The first-order valence-electron chi connectivity index (χ1n) is 11.4. The van der Waals surface area contributed by atoms with Crippen molar-refractivity contribution in [2.75, 3.05) is 6.61 Å². The van der Waals surface area contributed by atoms with Crippen LogP contribution in [-0.2, 0) is 19.5 Å². The molecule has 180 valence electrons. The summed E-state index contributed by atoms with van der Waals surface area (Å²) in [5.41, 5.74) is -0.204. The minimum absolute atomic E-state index is 0.0253. The van der Waals surface area contributed by atoms with E-state index < -0.39 is 33.0 Å². The van der Waals surface area contributed by atoms with Gasteiger partial charge in [-0.15, -0.1) is 0 Å². The van der Waals surface area contributed by atoms with Crippen molar-refractivity contribution < 1.29 is 22.7 Å². The molecule has 2 aromatic rings. The zero-order valence-corrected chi connectivity index (χ0v) is 21.1. The van der Waals surface area contributed by atoms with E-state index in [9.17, 15) is 13.2 Å². The molecule has 2 atom stereocenters. The molecule has 8 heteroatoms. The molecular weight excluding hydrogens is 440 g/mol. The molecule has 2 fully saturated rings. The summed E-state index contributed by atoms with van der Waals surface area (Å²) in [5.74, 6) is -0.0253. The van der Waals surface area contributed by atoms with Gasteiger partial charge in [0.2, 0.25) is 0 Å². The molecule has 2 heterocycles. The van der Waals surface area contributed by atoms with Gasteiger partial charge in [-0.25, -0.2) is 17.2 Å². The number of carbonyl (C=O) groups is 1. The van der Waals surface area contributed by atoms with Crippen LogP contribution in [0.4, 0.5) is 4.79 Å². The standard InChI is InChI=1S/C25H34N2O5S/c1-18-9-11-20(12-10-18)33(29,30)26-15-7-8-21(26)19-13-14-25(16-19)17-31-24(5,6)27(25)22(28)32-23(2,3)4/h7-12,15,19H,13-14,16-17H2,1-6H3/t19-,25+/m0/s1. The number of hydrogen-bond donors (Lipinski definition) is 0. The lowest BCUT2D eigenvalue weighted by Gasteiger charge is -2.40. The van der Waals surface area contributed by atoms with E-state index in [0.29, 0.717) is 13.0 Å². The van der Waals surface area contributed by atoms with Gasteiger partial charge in [0, 0.05) is 17.8 Å². The van der Waals surface area contributed by atoms with Gasteiger partial charge < -0.3 is 9.47 Å². The molecule has 0 radical (unpaired) electrons. The van der Waals surface area contributed by atoms with Crippen LogP contribution >= 0.6 is 0 Å². The Balaban J connectivity index is 1.64. The predicted molar refractivity (Wildman–Crippen MR) is 126 cm³/mol. The Morgan fingerprint density at radius 3 is 2.45 bits per heavy atom. The predicted octanol–water partition coefficient (Wildman–Crippen LogP) is 5.04. The molecule has 1 aromatic heterocycles. The fourth-order valence-corrected chi connectivity index (χ4v) is 6.59. The SMILES string of the molecule is Cc1ccc(S(=O)(=O)n2cccc2[C@H]2CC[C@]3(COC(C)(C)N3C(=O)OC(C)(C)C)C2)cc1. The van der Waals surface area contributed by atoms with Crippen molar-refractivity contribution in [1.29, 1.82) is 0 Å². The first-order chi connectivity index (χ1) is 15.3. The van der Waals surface area contributed by atoms with E-state index in [4.69, 9.17) is 9.47 Å². The summed E-state index contributed by atoms with van der Waals surface area (Å²) in [6.45, 7) is 11.6. The molecule has 2 aliphatic rings. The smallest absolute Gasteiger partial charge is 0.413 e. The van der Waals surface area contributed by atoms with Crippen LogP contribution < -0.4 is 0 Å². The van der Waals surface area contributed by atoms with Gasteiger partial charge in [-0.2, -0.15) is 0 Å². The maximum atomic E-state index is 13.4. The van der Waals surface area contributed by atoms with E-state index in [2.05, 4.69) is 0 Å². The van der Waals surface area contributed by atoms with E-state index in [1.54, 1.807) is 41.4 Å². The van der Waals surface area contributed by atoms with Crippen LogP contribution in [0.25, 0.3) is 0 Å². The second-order valence-electron chi connectivity index (χ2n) is 10.8. The third-order valence-corrected chi connectivity index (χ3v) is 8.32. The lowest BCUT2D eigenvalue weighted by molar-refractivity contribution is -0.0688. The highest BCUT2D eigenvalue weighted by atomic mass is 32.2. The average molecular weight is 475 g/mol. The Bertz CT molecular complexity index is 1140. The van der Waals surface area contributed by atoms with Crippen molar-refractivity contribution in [3.05, 3.63) is 53.9 Å². The summed E-state index contributed by atoms with van der Waals surface area (Å²) in [7, 11) is -3.71. The van der Waals surface area contributed by atoms with Crippen LogP contribution in [-0.4, -0.2) is 46.9 Å². The van der Waals surface area contributed by atoms with Crippen LogP contribution in [0.15, 0.2) is 47.5 Å². The molecule has 0 unspecified atom stereocenters. The molecule has 1 spiro atoms.